The highest BCUT2D eigenvalue weighted by atomic mass is 16.6. The number of hydrogen-bond acceptors (Lipinski definition) is 9. The average molecular weight is 396 g/mol. The van der Waals surface area contributed by atoms with E-state index < -0.39 is 21.5 Å². The summed E-state index contributed by atoms with van der Waals surface area (Å²) < 4.78 is 0. The predicted octanol–water partition coefficient (Wildman–Crippen LogP) is 3.48. The van der Waals surface area contributed by atoms with Crippen LogP contribution in [0.1, 0.15) is 10.4 Å². The van der Waals surface area contributed by atoms with E-state index in [0.717, 1.165) is 6.33 Å². The maximum Gasteiger partial charge on any atom is 0.353 e. The maximum atomic E-state index is 11.6. The second-order valence-corrected chi connectivity index (χ2v) is 5.62. The Hall–Kier alpha value is -4.61. The van der Waals surface area contributed by atoms with Crippen molar-refractivity contribution in [3.8, 4) is 0 Å². The number of aromatic nitrogens is 2. The van der Waals surface area contributed by atoms with E-state index in [0.29, 0.717) is 5.69 Å². The molecular formula is C17H12N6O6. The molecule has 1 heterocycles. The van der Waals surface area contributed by atoms with Crippen LogP contribution in [0.5, 0.6) is 0 Å². The number of rotatable bonds is 7. The molecule has 3 rings (SSSR count). The number of non-ortho nitro benzene ring substituents is 1. The fourth-order valence-electron chi connectivity index (χ4n) is 2.40. The fourth-order valence-corrected chi connectivity index (χ4v) is 2.40. The van der Waals surface area contributed by atoms with Crippen molar-refractivity contribution >= 4 is 40.4 Å². The Morgan fingerprint density at radius 1 is 0.897 bits per heavy atom. The van der Waals surface area contributed by atoms with Crippen LogP contribution < -0.4 is 10.6 Å². The number of nitrogens with zero attached hydrogens (tertiary/aromatic N) is 4. The smallest absolute Gasteiger partial charge is 0.353 e. The summed E-state index contributed by atoms with van der Waals surface area (Å²) in [5, 5.41) is 36.9. The normalized spacial score (nSPS) is 10.2. The predicted molar refractivity (Wildman–Crippen MR) is 102 cm³/mol. The molecule has 2 aromatic carbocycles. The zero-order chi connectivity index (χ0) is 21.0. The topological polar surface area (TPSA) is 173 Å². The number of nitrogens with one attached hydrogen (secondary N) is 2. The molecule has 0 bridgehead atoms. The molecule has 0 aliphatic heterocycles. The zero-order valence-corrected chi connectivity index (χ0v) is 14.5. The van der Waals surface area contributed by atoms with Crippen LogP contribution in [0.25, 0.3) is 0 Å². The highest BCUT2D eigenvalue weighted by Gasteiger charge is 2.24. The van der Waals surface area contributed by atoms with Gasteiger partial charge >= 0.3 is 11.7 Å². The summed E-state index contributed by atoms with van der Waals surface area (Å²) in [4.78, 5) is 39.9. The lowest BCUT2D eigenvalue weighted by Crippen LogP contribution is -2.06. The molecule has 0 atom stereocenters. The van der Waals surface area contributed by atoms with Crippen molar-refractivity contribution in [3.63, 3.8) is 0 Å². The van der Waals surface area contributed by atoms with Crippen LogP contribution in [0.15, 0.2) is 54.9 Å². The SMILES string of the molecule is O=C(O)c1ccc(Nc2ncnc(Nc3cccc([N+](=O)[O-])c3)c2[N+](=O)[O-])cc1. The van der Waals surface area contributed by atoms with Crippen LogP contribution in [0.2, 0.25) is 0 Å². The van der Waals surface area contributed by atoms with Crippen LogP contribution in [-0.4, -0.2) is 30.9 Å². The Balaban J connectivity index is 1.93. The van der Waals surface area contributed by atoms with Gasteiger partial charge in [-0.1, -0.05) is 6.07 Å². The molecule has 1 aromatic heterocycles. The van der Waals surface area contributed by atoms with Gasteiger partial charge in [0.15, 0.2) is 0 Å². The first-order valence-corrected chi connectivity index (χ1v) is 7.96. The maximum absolute atomic E-state index is 11.6. The number of hydrogen-bond donors (Lipinski definition) is 3. The summed E-state index contributed by atoms with van der Waals surface area (Å²) in [7, 11) is 0. The Labute approximate surface area is 162 Å². The van der Waals surface area contributed by atoms with Crippen molar-refractivity contribution in [3.05, 3.63) is 80.7 Å². The molecular weight excluding hydrogens is 384 g/mol. The lowest BCUT2D eigenvalue weighted by atomic mass is 10.2. The molecule has 0 saturated carbocycles. The van der Waals surface area contributed by atoms with E-state index >= 15 is 0 Å². The Bertz CT molecular complexity index is 1100. The Kier molecular flexibility index (Phi) is 5.26. The first kappa shape index (κ1) is 19.2. The summed E-state index contributed by atoms with van der Waals surface area (Å²) >= 11 is 0. The van der Waals surface area contributed by atoms with E-state index in [1.54, 1.807) is 0 Å². The van der Waals surface area contributed by atoms with Gasteiger partial charge in [0.05, 0.1) is 15.4 Å². The van der Waals surface area contributed by atoms with Crippen molar-refractivity contribution in [1.82, 2.24) is 9.97 Å². The molecule has 0 spiro atoms. The molecule has 0 aliphatic carbocycles. The molecule has 0 fully saturated rings. The van der Waals surface area contributed by atoms with Gasteiger partial charge in [-0.05, 0) is 30.3 Å². The largest absolute Gasteiger partial charge is 0.478 e. The number of nitro groups is 2. The van der Waals surface area contributed by atoms with Crippen molar-refractivity contribution in [2.75, 3.05) is 10.6 Å². The quantitative estimate of drug-likeness (QED) is 0.396. The minimum atomic E-state index is -1.10. The lowest BCUT2D eigenvalue weighted by Gasteiger charge is -2.10. The zero-order valence-electron chi connectivity index (χ0n) is 14.5. The van der Waals surface area contributed by atoms with Gasteiger partial charge in [-0.3, -0.25) is 20.2 Å². The monoisotopic (exact) mass is 396 g/mol. The molecule has 3 N–H and O–H groups in total. The van der Waals surface area contributed by atoms with Crippen molar-refractivity contribution in [2.45, 2.75) is 0 Å². The highest BCUT2D eigenvalue weighted by molar-refractivity contribution is 5.88. The summed E-state index contributed by atoms with van der Waals surface area (Å²) in [5.41, 5.74) is -0.0125. The van der Waals surface area contributed by atoms with E-state index in [1.807, 2.05) is 0 Å². The average Bonchev–Trinajstić information content (AvgIpc) is 2.68. The first-order valence-electron chi connectivity index (χ1n) is 7.96. The highest BCUT2D eigenvalue weighted by Crippen LogP contribution is 2.33. The van der Waals surface area contributed by atoms with Crippen molar-refractivity contribution in [2.24, 2.45) is 0 Å². The van der Waals surface area contributed by atoms with Gasteiger partial charge in [0.25, 0.3) is 5.69 Å². The number of carbonyl (C=O) groups is 1. The second kappa shape index (κ2) is 7.96. The van der Waals surface area contributed by atoms with E-state index in [1.165, 1.54) is 48.5 Å². The lowest BCUT2D eigenvalue weighted by molar-refractivity contribution is -0.384. The molecule has 0 aliphatic rings. The van der Waals surface area contributed by atoms with E-state index in [4.69, 9.17) is 5.11 Å². The number of anilines is 4. The molecule has 0 radical (unpaired) electrons. The summed E-state index contributed by atoms with van der Waals surface area (Å²) in [6.45, 7) is 0. The number of benzene rings is 2. The van der Waals surface area contributed by atoms with E-state index in [2.05, 4.69) is 20.6 Å². The number of aromatic carboxylic acids is 1. The molecule has 0 saturated heterocycles. The first-order chi connectivity index (χ1) is 13.8. The van der Waals surface area contributed by atoms with Crippen LogP contribution in [0.3, 0.4) is 0 Å². The molecule has 0 amide bonds. The molecule has 3 aromatic rings. The van der Waals surface area contributed by atoms with Crippen LogP contribution in [-0.2, 0) is 0 Å². The third-order valence-electron chi connectivity index (χ3n) is 3.72. The minimum absolute atomic E-state index is 0.0563. The van der Waals surface area contributed by atoms with Crippen molar-refractivity contribution in [1.29, 1.82) is 0 Å². The minimum Gasteiger partial charge on any atom is -0.478 e. The van der Waals surface area contributed by atoms with Gasteiger partial charge in [-0.2, -0.15) is 0 Å². The van der Waals surface area contributed by atoms with Crippen LogP contribution in [0, 0.1) is 20.2 Å². The number of nitro benzene ring substituents is 1. The third kappa shape index (κ3) is 4.39. The third-order valence-corrected chi connectivity index (χ3v) is 3.72. The fraction of sp³-hybridized carbons (Fsp3) is 0. The van der Waals surface area contributed by atoms with Gasteiger partial charge in [-0.15, -0.1) is 0 Å². The van der Waals surface area contributed by atoms with Gasteiger partial charge in [0, 0.05) is 23.5 Å². The summed E-state index contributed by atoms with van der Waals surface area (Å²) in [5.74, 6) is -1.41. The molecule has 12 nitrogen and oxygen atoms in total. The molecule has 29 heavy (non-hydrogen) atoms. The molecule has 146 valence electrons. The van der Waals surface area contributed by atoms with E-state index in [-0.39, 0.29) is 28.6 Å². The Morgan fingerprint density at radius 3 is 2.07 bits per heavy atom. The van der Waals surface area contributed by atoms with Gasteiger partial charge in [-0.25, -0.2) is 14.8 Å². The standard InChI is InChI=1S/C17H12N6O6/c24-17(25)10-4-6-11(7-5-10)20-15-14(23(28)29)16(19-9-18-15)21-12-2-1-3-13(8-12)22(26)27/h1-9H,(H,24,25)(H2,18,19,20,21). The van der Waals surface area contributed by atoms with Crippen molar-refractivity contribution < 1.29 is 19.7 Å². The van der Waals surface area contributed by atoms with E-state index in [9.17, 15) is 25.0 Å². The summed E-state index contributed by atoms with van der Waals surface area (Å²) in [6.07, 6.45) is 1.08. The van der Waals surface area contributed by atoms with Gasteiger partial charge in [0.1, 0.15) is 6.33 Å². The Morgan fingerprint density at radius 2 is 1.52 bits per heavy atom. The van der Waals surface area contributed by atoms with Gasteiger partial charge in [0.2, 0.25) is 11.6 Å². The van der Waals surface area contributed by atoms with Crippen LogP contribution in [0.4, 0.5) is 34.4 Å². The van der Waals surface area contributed by atoms with Gasteiger partial charge < -0.3 is 15.7 Å². The summed E-state index contributed by atoms with van der Waals surface area (Å²) in [6, 6.07) is 11.0. The van der Waals surface area contributed by atoms with Crippen LogP contribution >= 0.6 is 0 Å². The second-order valence-electron chi connectivity index (χ2n) is 5.62. The number of carboxylic acid groups (broad SMARTS) is 1. The molecule has 12 heteroatoms. The number of carboxylic acids is 1. The molecule has 0 unspecified atom stereocenters.